The van der Waals surface area contributed by atoms with Crippen LogP contribution >= 0.6 is 0 Å². The number of carbonyl (C=O) groups excluding carboxylic acids is 2. The van der Waals surface area contributed by atoms with Crippen molar-refractivity contribution in [3.63, 3.8) is 0 Å². The molecule has 0 aromatic heterocycles. The van der Waals surface area contributed by atoms with Crippen LogP contribution in [0.2, 0.25) is 0 Å². The van der Waals surface area contributed by atoms with Gasteiger partial charge in [-0.3, -0.25) is 14.5 Å². The molecule has 0 aromatic carbocycles. The Balaban J connectivity index is 1.59. The lowest BCUT2D eigenvalue weighted by atomic mass is 9.84. The van der Waals surface area contributed by atoms with Gasteiger partial charge < -0.3 is 5.32 Å². The molecule has 94 valence electrons. The topological polar surface area (TPSA) is 49.4 Å². The molecule has 3 fully saturated rings. The van der Waals surface area contributed by atoms with Crippen LogP contribution in [0, 0.1) is 5.41 Å². The third-order valence-corrected chi connectivity index (χ3v) is 4.40. The van der Waals surface area contributed by atoms with Crippen molar-refractivity contribution >= 4 is 11.8 Å². The second kappa shape index (κ2) is 4.09. The standard InChI is InChI=1S/C13H20N2O2/c16-11-9-13(5-1-2-6-13)12(17)15(11)8-7-14-10-3-4-10/h10,14H,1-9H2. The average molecular weight is 236 g/mol. The number of hydrogen-bond acceptors (Lipinski definition) is 3. The van der Waals surface area contributed by atoms with E-state index in [0.29, 0.717) is 19.0 Å². The van der Waals surface area contributed by atoms with Gasteiger partial charge in [0.15, 0.2) is 0 Å². The van der Waals surface area contributed by atoms with E-state index in [-0.39, 0.29) is 17.2 Å². The van der Waals surface area contributed by atoms with E-state index in [2.05, 4.69) is 5.32 Å². The molecule has 17 heavy (non-hydrogen) atoms. The van der Waals surface area contributed by atoms with Crippen molar-refractivity contribution in [3.05, 3.63) is 0 Å². The molecule has 4 heteroatoms. The maximum absolute atomic E-state index is 12.3. The van der Waals surface area contributed by atoms with Crippen LogP contribution in [0.5, 0.6) is 0 Å². The Kier molecular flexibility index (Phi) is 2.69. The van der Waals surface area contributed by atoms with Crippen molar-refractivity contribution in [1.29, 1.82) is 0 Å². The number of imide groups is 1. The summed E-state index contributed by atoms with van der Waals surface area (Å²) in [5.41, 5.74) is -0.295. The first kappa shape index (κ1) is 11.2. The Morgan fingerprint density at radius 3 is 2.59 bits per heavy atom. The van der Waals surface area contributed by atoms with Gasteiger partial charge in [-0.05, 0) is 25.7 Å². The number of carbonyl (C=O) groups is 2. The number of amides is 2. The fraction of sp³-hybridized carbons (Fsp3) is 0.846. The van der Waals surface area contributed by atoms with E-state index >= 15 is 0 Å². The van der Waals surface area contributed by atoms with E-state index in [1.165, 1.54) is 17.7 Å². The second-order valence-corrected chi connectivity index (χ2v) is 5.74. The fourth-order valence-electron chi connectivity index (χ4n) is 3.20. The zero-order chi connectivity index (χ0) is 11.9. The molecule has 2 saturated carbocycles. The molecule has 2 aliphatic carbocycles. The first-order valence-corrected chi connectivity index (χ1v) is 6.79. The highest BCUT2D eigenvalue weighted by molar-refractivity contribution is 6.06. The summed E-state index contributed by atoms with van der Waals surface area (Å²) in [5.74, 6) is 0.159. The zero-order valence-electron chi connectivity index (χ0n) is 10.2. The average Bonchev–Trinajstić information content (AvgIpc) is 2.96. The molecule has 0 radical (unpaired) electrons. The third-order valence-electron chi connectivity index (χ3n) is 4.40. The highest BCUT2D eigenvalue weighted by Gasteiger charge is 2.52. The summed E-state index contributed by atoms with van der Waals surface area (Å²) in [6.45, 7) is 1.33. The van der Waals surface area contributed by atoms with Crippen LogP contribution in [0.25, 0.3) is 0 Å². The lowest BCUT2D eigenvalue weighted by Crippen LogP contribution is -2.39. The highest BCUT2D eigenvalue weighted by atomic mass is 16.2. The Morgan fingerprint density at radius 2 is 1.94 bits per heavy atom. The Morgan fingerprint density at radius 1 is 1.24 bits per heavy atom. The maximum Gasteiger partial charge on any atom is 0.235 e. The Hall–Kier alpha value is -0.900. The summed E-state index contributed by atoms with van der Waals surface area (Å²) >= 11 is 0. The zero-order valence-corrected chi connectivity index (χ0v) is 10.2. The molecular formula is C13H20N2O2. The molecular weight excluding hydrogens is 216 g/mol. The second-order valence-electron chi connectivity index (χ2n) is 5.74. The first-order valence-electron chi connectivity index (χ1n) is 6.79. The van der Waals surface area contributed by atoms with Crippen molar-refractivity contribution < 1.29 is 9.59 Å². The largest absolute Gasteiger partial charge is 0.312 e. The van der Waals surface area contributed by atoms with Crippen molar-refractivity contribution in [1.82, 2.24) is 10.2 Å². The SMILES string of the molecule is O=C1CC2(CCCC2)C(=O)N1CCNC1CC1. The maximum atomic E-state index is 12.3. The van der Waals surface area contributed by atoms with Gasteiger partial charge in [0, 0.05) is 25.6 Å². The van der Waals surface area contributed by atoms with E-state index in [4.69, 9.17) is 0 Å². The molecule has 0 bridgehead atoms. The summed E-state index contributed by atoms with van der Waals surface area (Å²) in [6, 6.07) is 0.642. The van der Waals surface area contributed by atoms with Gasteiger partial charge in [0.1, 0.15) is 0 Å². The lowest BCUT2D eigenvalue weighted by Gasteiger charge is -2.20. The number of likely N-dealkylation sites (tertiary alicyclic amines) is 1. The molecule has 0 aromatic rings. The van der Waals surface area contributed by atoms with Crippen LogP contribution in [0.1, 0.15) is 44.9 Å². The highest BCUT2D eigenvalue weighted by Crippen LogP contribution is 2.46. The molecule has 0 unspecified atom stereocenters. The molecule has 1 aliphatic heterocycles. The van der Waals surface area contributed by atoms with Crippen molar-refractivity contribution in [3.8, 4) is 0 Å². The van der Waals surface area contributed by atoms with E-state index in [0.717, 1.165) is 32.2 Å². The van der Waals surface area contributed by atoms with Crippen molar-refractivity contribution in [2.75, 3.05) is 13.1 Å². The number of nitrogens with zero attached hydrogens (tertiary/aromatic N) is 1. The molecule has 3 rings (SSSR count). The van der Waals surface area contributed by atoms with E-state index in [1.807, 2.05) is 0 Å². The number of rotatable bonds is 4. The summed E-state index contributed by atoms with van der Waals surface area (Å²) in [7, 11) is 0. The minimum atomic E-state index is -0.295. The molecule has 1 saturated heterocycles. The van der Waals surface area contributed by atoms with Gasteiger partial charge in [-0.2, -0.15) is 0 Å². The number of nitrogens with one attached hydrogen (secondary N) is 1. The van der Waals surface area contributed by atoms with Gasteiger partial charge in [-0.15, -0.1) is 0 Å². The van der Waals surface area contributed by atoms with Crippen LogP contribution in [-0.2, 0) is 9.59 Å². The van der Waals surface area contributed by atoms with Gasteiger partial charge in [-0.1, -0.05) is 12.8 Å². The van der Waals surface area contributed by atoms with Gasteiger partial charge in [0.25, 0.3) is 0 Å². The van der Waals surface area contributed by atoms with Crippen LogP contribution < -0.4 is 5.32 Å². The molecule has 1 N–H and O–H groups in total. The van der Waals surface area contributed by atoms with Crippen LogP contribution in [0.4, 0.5) is 0 Å². The molecule has 0 atom stereocenters. The monoisotopic (exact) mass is 236 g/mol. The van der Waals surface area contributed by atoms with E-state index in [1.54, 1.807) is 0 Å². The van der Waals surface area contributed by atoms with Crippen molar-refractivity contribution in [2.24, 2.45) is 5.41 Å². The van der Waals surface area contributed by atoms with Crippen LogP contribution in [0.15, 0.2) is 0 Å². The molecule has 3 aliphatic rings. The third kappa shape index (κ3) is 1.99. The molecule has 4 nitrogen and oxygen atoms in total. The predicted molar refractivity (Wildman–Crippen MR) is 63.3 cm³/mol. The number of hydrogen-bond donors (Lipinski definition) is 1. The Labute approximate surface area is 102 Å². The molecule has 1 heterocycles. The minimum Gasteiger partial charge on any atom is -0.312 e. The molecule has 1 spiro atoms. The van der Waals surface area contributed by atoms with Crippen molar-refractivity contribution in [2.45, 2.75) is 51.0 Å². The smallest absolute Gasteiger partial charge is 0.235 e. The molecule has 2 amide bonds. The van der Waals surface area contributed by atoms with Gasteiger partial charge in [0.05, 0.1) is 5.41 Å². The van der Waals surface area contributed by atoms with Crippen LogP contribution in [0.3, 0.4) is 0 Å². The minimum absolute atomic E-state index is 0.0505. The van der Waals surface area contributed by atoms with Gasteiger partial charge in [-0.25, -0.2) is 0 Å². The van der Waals surface area contributed by atoms with E-state index in [9.17, 15) is 9.59 Å². The normalized spacial score (nSPS) is 27.4. The predicted octanol–water partition coefficient (Wildman–Crippen LogP) is 1.06. The van der Waals surface area contributed by atoms with Gasteiger partial charge >= 0.3 is 0 Å². The summed E-state index contributed by atoms with van der Waals surface area (Å²) in [6.07, 6.45) is 7.00. The summed E-state index contributed by atoms with van der Waals surface area (Å²) in [5, 5.41) is 3.36. The summed E-state index contributed by atoms with van der Waals surface area (Å²) in [4.78, 5) is 25.7. The van der Waals surface area contributed by atoms with Gasteiger partial charge in [0.2, 0.25) is 11.8 Å². The fourth-order valence-corrected chi connectivity index (χ4v) is 3.20. The van der Waals surface area contributed by atoms with E-state index < -0.39 is 0 Å². The summed E-state index contributed by atoms with van der Waals surface area (Å²) < 4.78 is 0. The first-order chi connectivity index (χ1) is 8.21. The van der Waals surface area contributed by atoms with Crippen LogP contribution in [-0.4, -0.2) is 35.8 Å². The Bertz CT molecular complexity index is 343. The lowest BCUT2D eigenvalue weighted by molar-refractivity contribution is -0.141. The quantitative estimate of drug-likeness (QED) is 0.742.